The molecule has 0 unspecified atom stereocenters. The average molecular weight is 557 g/mol. The Morgan fingerprint density at radius 3 is 2.00 bits per heavy atom. The molecule has 210 valence electrons. The molecule has 0 aliphatic rings. The molecule has 0 saturated carbocycles. The quantitative estimate of drug-likeness (QED) is 0.233. The molecule has 0 bridgehead atoms. The van der Waals surface area contributed by atoms with Crippen molar-refractivity contribution in [2.24, 2.45) is 0 Å². The first-order chi connectivity index (χ1) is 18.7. The number of carboxylic acid groups (broad SMARTS) is 1. The zero-order valence-electron chi connectivity index (χ0n) is 22.1. The molecule has 10 heteroatoms. The minimum absolute atomic E-state index is 0.0430. The van der Waals surface area contributed by atoms with Crippen molar-refractivity contribution in [2.45, 2.75) is 62.9 Å². The number of ether oxygens (including phenoxy) is 1. The first-order valence-corrected chi connectivity index (χ1v) is 14.3. The summed E-state index contributed by atoms with van der Waals surface area (Å²) in [6, 6.07) is 23.6. The van der Waals surface area contributed by atoms with Crippen molar-refractivity contribution < 1.29 is 33.0 Å². The van der Waals surface area contributed by atoms with E-state index in [0.717, 1.165) is 15.6 Å². The third kappa shape index (κ3) is 9.07. The van der Waals surface area contributed by atoms with Crippen molar-refractivity contribution >= 4 is 16.1 Å². The average Bonchev–Trinajstić information content (AvgIpc) is 2.94. The fraction of sp³-hybridized carbons (Fsp3) is 0.345. The van der Waals surface area contributed by atoms with Crippen molar-refractivity contribution in [1.82, 2.24) is 9.79 Å². The Balaban J connectivity index is 1.80. The number of hydrogen-bond donors (Lipinski definition) is 3. The van der Waals surface area contributed by atoms with Crippen LogP contribution < -0.4 is 10.1 Å². The minimum Gasteiger partial charge on any atom is -0.489 e. The summed E-state index contributed by atoms with van der Waals surface area (Å²) < 4.78 is 33.8. The van der Waals surface area contributed by atoms with Crippen molar-refractivity contribution in [3.63, 3.8) is 0 Å². The molecule has 0 radical (unpaired) electrons. The summed E-state index contributed by atoms with van der Waals surface area (Å²) in [5.74, 6) is 0.499. The van der Waals surface area contributed by atoms with E-state index in [-0.39, 0.29) is 11.3 Å². The first-order valence-electron chi connectivity index (χ1n) is 12.9. The highest BCUT2D eigenvalue weighted by atomic mass is 32.2. The van der Waals surface area contributed by atoms with Crippen LogP contribution in [-0.2, 0) is 27.9 Å². The van der Waals surface area contributed by atoms with Crippen LogP contribution in [0.15, 0.2) is 89.8 Å². The molecule has 39 heavy (non-hydrogen) atoms. The zero-order valence-corrected chi connectivity index (χ0v) is 23.0. The van der Waals surface area contributed by atoms with E-state index >= 15 is 0 Å². The normalized spacial score (nSPS) is 13.3. The molecule has 0 aliphatic carbocycles. The van der Waals surface area contributed by atoms with Crippen molar-refractivity contribution in [2.75, 3.05) is 6.54 Å². The fourth-order valence-corrected chi connectivity index (χ4v) is 5.26. The molecular weight excluding hydrogens is 520 g/mol. The Kier molecular flexibility index (Phi) is 11.3. The molecule has 2 atom stereocenters. The van der Waals surface area contributed by atoms with Gasteiger partial charge >= 0.3 is 6.09 Å². The number of aliphatic hydroxyl groups is 1. The van der Waals surface area contributed by atoms with Crippen molar-refractivity contribution in [3.8, 4) is 5.75 Å². The molecule has 0 saturated heterocycles. The highest BCUT2D eigenvalue weighted by Gasteiger charge is 2.33. The van der Waals surface area contributed by atoms with E-state index < -0.39 is 40.9 Å². The largest absolute Gasteiger partial charge is 0.489 e. The summed E-state index contributed by atoms with van der Waals surface area (Å²) in [6.45, 7) is 3.61. The van der Waals surface area contributed by atoms with Crippen molar-refractivity contribution in [1.29, 1.82) is 0 Å². The second-order valence-electron chi connectivity index (χ2n) is 9.09. The summed E-state index contributed by atoms with van der Waals surface area (Å²) in [6.07, 6.45) is -1.87. The molecule has 0 spiro atoms. The summed E-state index contributed by atoms with van der Waals surface area (Å²) in [5.41, 5.74) is 1.77. The number of hydroxylamine groups is 1. The van der Waals surface area contributed by atoms with Gasteiger partial charge in [0, 0.05) is 0 Å². The monoisotopic (exact) mass is 556 g/mol. The van der Waals surface area contributed by atoms with Gasteiger partial charge in [-0.25, -0.2) is 13.2 Å². The maximum Gasteiger partial charge on any atom is 0.404 e. The Labute approximate surface area is 230 Å². The molecule has 0 heterocycles. The number of nitrogens with one attached hydrogen (secondary N) is 1. The number of benzene rings is 3. The van der Waals surface area contributed by atoms with Gasteiger partial charge in [0.05, 0.1) is 29.7 Å². The summed E-state index contributed by atoms with van der Waals surface area (Å²) in [4.78, 5) is 17.3. The Morgan fingerprint density at radius 2 is 1.46 bits per heavy atom. The van der Waals surface area contributed by atoms with E-state index in [1.165, 1.54) is 12.1 Å². The summed E-state index contributed by atoms with van der Waals surface area (Å²) in [5, 5.41) is 22.7. The predicted molar refractivity (Wildman–Crippen MR) is 148 cm³/mol. The smallest absolute Gasteiger partial charge is 0.404 e. The first kappa shape index (κ1) is 30.1. The van der Waals surface area contributed by atoms with E-state index in [1.54, 1.807) is 36.4 Å². The topological polar surface area (TPSA) is 125 Å². The number of aliphatic hydroxyl groups excluding tert-OH is 1. The fourth-order valence-electron chi connectivity index (χ4n) is 3.96. The molecule has 3 aromatic carbocycles. The molecule has 0 fully saturated rings. The van der Waals surface area contributed by atoms with Gasteiger partial charge in [-0.15, -0.1) is 0 Å². The van der Waals surface area contributed by atoms with Crippen LogP contribution in [0.3, 0.4) is 0 Å². The van der Waals surface area contributed by atoms with Crippen LogP contribution in [0.1, 0.15) is 37.8 Å². The standard InChI is InChI=1S/C29H36N2O7S/c1-3-24(4-2)38-31(20-28(32)27(30-29(33)34)19-22-11-7-5-8-12-22)39(35,36)26-17-15-25(16-18-26)37-21-23-13-9-6-10-14-23/h5-18,24,27-28,30,32H,3-4,19-21H2,1-2H3,(H,33,34)/t27-,28+/m0/s1. The van der Waals surface area contributed by atoms with Crippen molar-refractivity contribution in [3.05, 3.63) is 96.1 Å². The number of carbonyl (C=O) groups is 1. The Bertz CT molecular complexity index is 1250. The lowest BCUT2D eigenvalue weighted by atomic mass is 10.0. The van der Waals surface area contributed by atoms with Gasteiger partial charge in [-0.05, 0) is 54.7 Å². The van der Waals surface area contributed by atoms with Crippen LogP contribution in [0.2, 0.25) is 0 Å². The summed E-state index contributed by atoms with van der Waals surface area (Å²) in [7, 11) is -4.21. The third-order valence-corrected chi connectivity index (χ3v) is 7.86. The SMILES string of the molecule is CCC(CC)ON(C[C@@H](O)[C@H](Cc1ccccc1)NC(=O)O)S(=O)(=O)c1ccc(OCc2ccccc2)cc1. The second-order valence-corrected chi connectivity index (χ2v) is 10.9. The van der Waals surface area contributed by atoms with E-state index in [9.17, 15) is 23.4 Å². The number of nitrogens with zero attached hydrogens (tertiary/aromatic N) is 1. The van der Waals surface area contributed by atoms with Gasteiger partial charge in [-0.1, -0.05) is 79.0 Å². The predicted octanol–water partition coefficient (Wildman–Crippen LogP) is 4.62. The lowest BCUT2D eigenvalue weighted by molar-refractivity contribution is -0.149. The zero-order chi connectivity index (χ0) is 28.3. The van der Waals surface area contributed by atoms with E-state index in [1.807, 2.05) is 50.2 Å². The van der Waals surface area contributed by atoms with Gasteiger partial charge in [0.2, 0.25) is 0 Å². The van der Waals surface area contributed by atoms with Crippen LogP contribution in [-0.4, -0.2) is 54.0 Å². The number of sulfonamides is 1. The molecule has 1 amide bonds. The number of amides is 1. The molecule has 3 rings (SSSR count). The lowest BCUT2D eigenvalue weighted by Gasteiger charge is -2.30. The molecular formula is C29H36N2O7S. The molecule has 9 nitrogen and oxygen atoms in total. The van der Waals surface area contributed by atoms with E-state index in [4.69, 9.17) is 9.57 Å². The van der Waals surface area contributed by atoms with E-state index in [0.29, 0.717) is 25.2 Å². The van der Waals surface area contributed by atoms with Gasteiger partial charge in [0.1, 0.15) is 12.4 Å². The van der Waals surface area contributed by atoms with E-state index in [2.05, 4.69) is 5.32 Å². The Hall–Kier alpha value is -3.44. The third-order valence-electron chi connectivity index (χ3n) is 6.22. The highest BCUT2D eigenvalue weighted by Crippen LogP contribution is 2.23. The molecule has 3 N–H and O–H groups in total. The van der Waals surface area contributed by atoms with Crippen LogP contribution in [0.25, 0.3) is 0 Å². The van der Waals surface area contributed by atoms with Crippen LogP contribution in [0.5, 0.6) is 5.75 Å². The van der Waals surface area contributed by atoms with Gasteiger partial charge in [-0.2, -0.15) is 0 Å². The van der Waals surface area contributed by atoms with Crippen LogP contribution in [0.4, 0.5) is 4.79 Å². The van der Waals surface area contributed by atoms with Gasteiger partial charge in [-0.3, -0.25) is 4.84 Å². The lowest BCUT2D eigenvalue weighted by Crippen LogP contribution is -2.50. The van der Waals surface area contributed by atoms with Gasteiger partial charge in [0.25, 0.3) is 10.0 Å². The number of hydrogen-bond acceptors (Lipinski definition) is 6. The summed E-state index contributed by atoms with van der Waals surface area (Å²) >= 11 is 0. The molecule has 3 aromatic rings. The minimum atomic E-state index is -4.21. The number of rotatable bonds is 15. The van der Waals surface area contributed by atoms with Gasteiger partial charge in [0.15, 0.2) is 0 Å². The van der Waals surface area contributed by atoms with Gasteiger partial charge < -0.3 is 20.3 Å². The maximum absolute atomic E-state index is 13.6. The molecule has 0 aliphatic heterocycles. The Morgan fingerprint density at radius 1 is 0.897 bits per heavy atom. The highest BCUT2D eigenvalue weighted by molar-refractivity contribution is 7.89. The van der Waals surface area contributed by atoms with Crippen LogP contribution in [0, 0.1) is 0 Å². The van der Waals surface area contributed by atoms with Crippen LogP contribution >= 0.6 is 0 Å². The maximum atomic E-state index is 13.6. The second kappa shape index (κ2) is 14.6. The molecule has 0 aromatic heterocycles.